The second-order valence-electron chi connectivity index (χ2n) is 5.90. The van der Waals surface area contributed by atoms with Gasteiger partial charge in [0.05, 0.1) is 0 Å². The number of benzene rings is 2. The van der Waals surface area contributed by atoms with Gasteiger partial charge < -0.3 is 14.8 Å². The Bertz CT molecular complexity index is 1020. The molecule has 0 saturated carbocycles. The van der Waals surface area contributed by atoms with Crippen LogP contribution in [0.4, 0.5) is 23.2 Å². The third-order valence-electron chi connectivity index (χ3n) is 3.79. The lowest BCUT2D eigenvalue weighted by Gasteiger charge is -2.10. The van der Waals surface area contributed by atoms with Crippen LogP contribution in [0.1, 0.15) is 16.1 Å². The number of carbonyl (C=O) groups is 1. The first-order valence-electron chi connectivity index (χ1n) is 8.30. The van der Waals surface area contributed by atoms with Gasteiger partial charge in [0.2, 0.25) is 0 Å². The molecule has 0 spiro atoms. The van der Waals surface area contributed by atoms with Crippen molar-refractivity contribution in [1.82, 2.24) is 9.78 Å². The van der Waals surface area contributed by atoms with Gasteiger partial charge in [-0.2, -0.15) is 13.9 Å². The Hall–Kier alpha value is -3.56. The summed E-state index contributed by atoms with van der Waals surface area (Å²) in [6, 6.07) is 8.42. The normalized spacial score (nSPS) is 10.8. The van der Waals surface area contributed by atoms with Gasteiger partial charge in [-0.3, -0.25) is 4.79 Å². The molecule has 2 aromatic carbocycles. The SMILES string of the molecule is Cc1cc(OC(F)F)ccc1NC(=O)c1ccn(COc2ccc(F)cc2F)n1. The fourth-order valence-electron chi connectivity index (χ4n) is 2.42. The van der Waals surface area contributed by atoms with E-state index in [-0.39, 0.29) is 23.9 Å². The first-order valence-corrected chi connectivity index (χ1v) is 8.30. The van der Waals surface area contributed by atoms with Crippen molar-refractivity contribution in [3.05, 3.63) is 71.6 Å². The van der Waals surface area contributed by atoms with E-state index >= 15 is 0 Å². The molecular formula is C19H15F4N3O3. The van der Waals surface area contributed by atoms with E-state index in [0.717, 1.165) is 12.1 Å². The molecule has 0 unspecified atom stereocenters. The van der Waals surface area contributed by atoms with Gasteiger partial charge in [-0.25, -0.2) is 13.5 Å². The maximum Gasteiger partial charge on any atom is 0.387 e. The van der Waals surface area contributed by atoms with Crippen LogP contribution in [-0.4, -0.2) is 22.3 Å². The van der Waals surface area contributed by atoms with Gasteiger partial charge >= 0.3 is 6.61 Å². The van der Waals surface area contributed by atoms with E-state index in [9.17, 15) is 22.4 Å². The third kappa shape index (κ3) is 5.24. The first-order chi connectivity index (χ1) is 13.8. The number of alkyl halides is 2. The zero-order valence-corrected chi connectivity index (χ0v) is 15.0. The highest BCUT2D eigenvalue weighted by molar-refractivity contribution is 6.03. The van der Waals surface area contributed by atoms with E-state index in [2.05, 4.69) is 15.2 Å². The molecule has 0 aliphatic carbocycles. The minimum absolute atomic E-state index is 0.0232. The van der Waals surface area contributed by atoms with E-state index in [1.807, 2.05) is 0 Å². The van der Waals surface area contributed by atoms with E-state index in [4.69, 9.17) is 4.74 Å². The number of carbonyl (C=O) groups excluding carboxylic acids is 1. The highest BCUT2D eigenvalue weighted by atomic mass is 19.3. The Morgan fingerprint density at radius 2 is 1.97 bits per heavy atom. The molecular weight excluding hydrogens is 394 g/mol. The molecule has 1 amide bonds. The van der Waals surface area contributed by atoms with Crippen LogP contribution in [0.3, 0.4) is 0 Å². The molecule has 10 heteroatoms. The summed E-state index contributed by atoms with van der Waals surface area (Å²) in [5.41, 5.74) is 0.974. The van der Waals surface area contributed by atoms with E-state index in [1.165, 1.54) is 35.1 Å². The molecule has 152 valence electrons. The maximum atomic E-state index is 13.6. The van der Waals surface area contributed by atoms with E-state index in [1.54, 1.807) is 6.92 Å². The van der Waals surface area contributed by atoms with Gasteiger partial charge in [0.1, 0.15) is 11.6 Å². The Morgan fingerprint density at radius 1 is 1.17 bits per heavy atom. The summed E-state index contributed by atoms with van der Waals surface area (Å²) in [6.07, 6.45) is 1.45. The molecule has 0 radical (unpaired) electrons. The summed E-state index contributed by atoms with van der Waals surface area (Å²) in [6.45, 7) is -1.52. The van der Waals surface area contributed by atoms with Crippen LogP contribution in [0.5, 0.6) is 11.5 Å². The smallest absolute Gasteiger partial charge is 0.387 e. The minimum Gasteiger partial charge on any atom is -0.468 e. The van der Waals surface area contributed by atoms with Crippen molar-refractivity contribution in [2.45, 2.75) is 20.3 Å². The average Bonchev–Trinajstić information content (AvgIpc) is 3.12. The quantitative estimate of drug-likeness (QED) is 0.589. The van der Waals surface area contributed by atoms with Crippen molar-refractivity contribution in [2.24, 2.45) is 0 Å². The Labute approximate surface area is 162 Å². The molecule has 1 N–H and O–H groups in total. The Kier molecular flexibility index (Phi) is 6.01. The van der Waals surface area contributed by atoms with Gasteiger partial charge in [-0.1, -0.05) is 0 Å². The van der Waals surface area contributed by atoms with Gasteiger partial charge in [0, 0.05) is 18.0 Å². The third-order valence-corrected chi connectivity index (χ3v) is 3.79. The highest BCUT2D eigenvalue weighted by Crippen LogP contribution is 2.23. The zero-order valence-electron chi connectivity index (χ0n) is 15.0. The van der Waals surface area contributed by atoms with Crippen molar-refractivity contribution in [3.63, 3.8) is 0 Å². The molecule has 0 bridgehead atoms. The molecule has 0 fully saturated rings. The summed E-state index contributed by atoms with van der Waals surface area (Å²) >= 11 is 0. The number of hydrogen-bond donors (Lipinski definition) is 1. The van der Waals surface area contributed by atoms with Crippen molar-refractivity contribution in [1.29, 1.82) is 0 Å². The molecule has 0 atom stereocenters. The first kappa shape index (κ1) is 20.2. The second kappa shape index (κ2) is 8.63. The van der Waals surface area contributed by atoms with Crippen LogP contribution < -0.4 is 14.8 Å². The number of amides is 1. The lowest BCUT2D eigenvalue weighted by Crippen LogP contribution is -2.15. The van der Waals surface area contributed by atoms with Crippen molar-refractivity contribution >= 4 is 11.6 Å². The van der Waals surface area contributed by atoms with Gasteiger partial charge in [-0.05, 0) is 48.9 Å². The molecule has 0 aliphatic heterocycles. The predicted octanol–water partition coefficient (Wildman–Crippen LogP) is 4.36. The van der Waals surface area contributed by atoms with E-state index < -0.39 is 24.2 Å². The standard InChI is InChI=1S/C19H15F4N3O3/c1-11-8-13(29-19(22)23)3-4-15(11)24-18(27)16-6-7-26(25-16)10-28-17-5-2-12(20)9-14(17)21/h2-9,19H,10H2,1H3,(H,24,27). The molecule has 29 heavy (non-hydrogen) atoms. The van der Waals surface area contributed by atoms with Gasteiger partial charge in [0.15, 0.2) is 24.0 Å². The topological polar surface area (TPSA) is 65.4 Å². The maximum absolute atomic E-state index is 13.6. The number of anilines is 1. The molecule has 3 rings (SSSR count). The Morgan fingerprint density at radius 3 is 2.66 bits per heavy atom. The van der Waals surface area contributed by atoms with Crippen molar-refractivity contribution < 1.29 is 31.8 Å². The summed E-state index contributed by atoms with van der Waals surface area (Å²) in [4.78, 5) is 12.3. The predicted molar refractivity (Wildman–Crippen MR) is 95.0 cm³/mol. The minimum atomic E-state index is -2.94. The average molecular weight is 409 g/mol. The summed E-state index contributed by atoms with van der Waals surface area (Å²) in [5, 5.41) is 6.62. The fourth-order valence-corrected chi connectivity index (χ4v) is 2.42. The number of hydrogen-bond acceptors (Lipinski definition) is 4. The zero-order chi connectivity index (χ0) is 21.0. The molecule has 6 nitrogen and oxygen atoms in total. The molecule has 3 aromatic rings. The number of rotatable bonds is 7. The van der Waals surface area contributed by atoms with Crippen LogP contribution >= 0.6 is 0 Å². The van der Waals surface area contributed by atoms with Crippen LogP contribution in [0.15, 0.2) is 48.7 Å². The molecule has 1 heterocycles. The Balaban J connectivity index is 1.62. The van der Waals surface area contributed by atoms with Crippen molar-refractivity contribution in [3.8, 4) is 11.5 Å². The number of nitrogens with one attached hydrogen (secondary N) is 1. The van der Waals surface area contributed by atoms with Crippen LogP contribution in [0.25, 0.3) is 0 Å². The number of nitrogens with zero attached hydrogens (tertiary/aromatic N) is 2. The lowest BCUT2D eigenvalue weighted by atomic mass is 10.2. The van der Waals surface area contributed by atoms with Crippen LogP contribution in [-0.2, 0) is 6.73 Å². The van der Waals surface area contributed by atoms with Gasteiger partial charge in [0.25, 0.3) is 5.91 Å². The van der Waals surface area contributed by atoms with Crippen molar-refractivity contribution in [2.75, 3.05) is 5.32 Å². The van der Waals surface area contributed by atoms with Crippen LogP contribution in [0, 0.1) is 18.6 Å². The fraction of sp³-hybridized carbons (Fsp3) is 0.158. The second-order valence-corrected chi connectivity index (χ2v) is 5.90. The van der Waals surface area contributed by atoms with Crippen LogP contribution in [0.2, 0.25) is 0 Å². The monoisotopic (exact) mass is 409 g/mol. The lowest BCUT2D eigenvalue weighted by molar-refractivity contribution is -0.0498. The largest absolute Gasteiger partial charge is 0.468 e. The number of halogens is 4. The summed E-state index contributed by atoms with van der Waals surface area (Å²) in [7, 11) is 0. The van der Waals surface area contributed by atoms with Gasteiger partial charge in [-0.15, -0.1) is 0 Å². The molecule has 1 aromatic heterocycles. The molecule has 0 saturated heterocycles. The van der Waals surface area contributed by atoms with E-state index in [0.29, 0.717) is 17.3 Å². The number of ether oxygens (including phenoxy) is 2. The highest BCUT2D eigenvalue weighted by Gasteiger charge is 2.13. The summed E-state index contributed by atoms with van der Waals surface area (Å²) < 4.78 is 61.7. The number of aromatic nitrogens is 2. The molecule has 0 aliphatic rings. The number of aryl methyl sites for hydroxylation is 1. The summed E-state index contributed by atoms with van der Waals surface area (Å²) in [5.74, 6) is -2.30.